The monoisotopic (exact) mass is 975 g/mol. The number of benzene rings is 5. The summed E-state index contributed by atoms with van der Waals surface area (Å²) in [5.41, 5.74) is 19.9. The molecule has 3 heterocycles. The van der Waals surface area contributed by atoms with Crippen molar-refractivity contribution in [2.45, 2.75) is 175 Å². The van der Waals surface area contributed by atoms with Gasteiger partial charge in [0.1, 0.15) is 0 Å². The second-order valence-electron chi connectivity index (χ2n) is 20.9. The van der Waals surface area contributed by atoms with E-state index in [1.165, 1.54) is 168 Å². The summed E-state index contributed by atoms with van der Waals surface area (Å²) in [7, 11) is 0. The highest BCUT2D eigenvalue weighted by molar-refractivity contribution is 7.19. The van der Waals surface area contributed by atoms with E-state index in [2.05, 4.69) is 163 Å². The number of rotatable bonds is 25. The van der Waals surface area contributed by atoms with E-state index in [9.17, 15) is 0 Å². The van der Waals surface area contributed by atoms with Crippen LogP contribution >= 0.6 is 22.7 Å². The lowest BCUT2D eigenvalue weighted by atomic mass is 9.70. The standard InChI is InChI=1S/C67H78N2S2/c1-7-11-15-17-19-21-43-67(44-22-20-18-16-12-8-2)58-45-47(5)25-36-54(58)55-37-35-53(46-59(55)67)60-41-42-62(71-60)57-39-38-56(61-40-26-48(6)70-61)65-66(57)69-64(52-33-29-50(30-34-52)24-14-10-4)63(68-65)51-31-27-49(28-32-51)23-13-9-3/h25-42,45-46H,7-24,43-44H2,1-6H3. The lowest BCUT2D eigenvalue weighted by molar-refractivity contribution is 0.398. The smallest absolute Gasteiger partial charge is 0.0988 e. The molecule has 8 aromatic rings. The Hall–Kier alpha value is -5.16. The van der Waals surface area contributed by atoms with Gasteiger partial charge in [-0.1, -0.05) is 214 Å². The van der Waals surface area contributed by atoms with E-state index in [0.29, 0.717) is 0 Å². The van der Waals surface area contributed by atoms with E-state index in [0.717, 1.165) is 57.5 Å². The Kier molecular flexibility index (Phi) is 17.2. The summed E-state index contributed by atoms with van der Waals surface area (Å²) in [5, 5.41) is 0. The molecule has 368 valence electrons. The Bertz CT molecular complexity index is 2990. The van der Waals surface area contributed by atoms with Crippen molar-refractivity contribution >= 4 is 33.7 Å². The van der Waals surface area contributed by atoms with Crippen LogP contribution in [0.5, 0.6) is 0 Å². The van der Waals surface area contributed by atoms with Crippen molar-refractivity contribution < 1.29 is 0 Å². The summed E-state index contributed by atoms with van der Waals surface area (Å²) >= 11 is 3.74. The molecule has 1 aliphatic carbocycles. The second-order valence-corrected chi connectivity index (χ2v) is 23.3. The van der Waals surface area contributed by atoms with Crippen LogP contribution in [0.4, 0.5) is 0 Å². The summed E-state index contributed by atoms with van der Waals surface area (Å²) < 4.78 is 0. The predicted octanol–water partition coefficient (Wildman–Crippen LogP) is 21.2. The summed E-state index contributed by atoms with van der Waals surface area (Å²) in [6.45, 7) is 13.7. The van der Waals surface area contributed by atoms with Crippen LogP contribution in [-0.4, -0.2) is 9.97 Å². The lowest BCUT2D eigenvalue weighted by Gasteiger charge is -2.33. The van der Waals surface area contributed by atoms with Gasteiger partial charge in [0.15, 0.2) is 0 Å². The zero-order chi connectivity index (χ0) is 49.2. The van der Waals surface area contributed by atoms with Crippen LogP contribution in [0.2, 0.25) is 0 Å². The number of fused-ring (bicyclic) bond motifs is 4. The molecule has 2 nitrogen and oxygen atoms in total. The Labute approximate surface area is 435 Å². The molecule has 0 spiro atoms. The third-order valence-corrected chi connectivity index (χ3v) is 17.7. The molecule has 0 unspecified atom stereocenters. The van der Waals surface area contributed by atoms with Crippen LogP contribution in [0.1, 0.15) is 176 Å². The highest BCUT2D eigenvalue weighted by atomic mass is 32.1. The van der Waals surface area contributed by atoms with Crippen molar-refractivity contribution in [1.29, 1.82) is 0 Å². The van der Waals surface area contributed by atoms with Gasteiger partial charge in [0.05, 0.1) is 22.4 Å². The van der Waals surface area contributed by atoms with E-state index in [-0.39, 0.29) is 5.41 Å². The molecule has 0 radical (unpaired) electrons. The molecule has 71 heavy (non-hydrogen) atoms. The summed E-state index contributed by atoms with van der Waals surface area (Å²) in [6.07, 6.45) is 25.3. The average Bonchev–Trinajstić information content (AvgIpc) is 4.13. The molecule has 0 saturated carbocycles. The SMILES string of the molecule is CCCCCCCCC1(CCCCCCCC)c2cc(C)ccc2-c2ccc(-c3ccc(-c4ccc(-c5ccc(C)s5)c5nc(-c6ccc(CCCC)cc6)c(-c6ccc(CCCC)cc6)nc45)s3)cc21. The fourth-order valence-electron chi connectivity index (χ4n) is 11.4. The minimum absolute atomic E-state index is 0.0439. The van der Waals surface area contributed by atoms with Crippen LogP contribution < -0.4 is 0 Å². The molecule has 0 saturated heterocycles. The van der Waals surface area contributed by atoms with Crippen molar-refractivity contribution in [1.82, 2.24) is 9.97 Å². The topological polar surface area (TPSA) is 25.8 Å². The van der Waals surface area contributed by atoms with Crippen LogP contribution in [-0.2, 0) is 18.3 Å². The Morgan fingerprint density at radius 2 is 0.817 bits per heavy atom. The molecule has 0 amide bonds. The first kappa shape index (κ1) is 50.8. The number of nitrogens with zero attached hydrogens (tertiary/aromatic N) is 2. The van der Waals surface area contributed by atoms with Crippen LogP contribution in [0.25, 0.3) is 76.0 Å². The van der Waals surface area contributed by atoms with E-state index in [4.69, 9.17) is 9.97 Å². The van der Waals surface area contributed by atoms with E-state index < -0.39 is 0 Å². The predicted molar refractivity (Wildman–Crippen MR) is 311 cm³/mol. The molecule has 0 atom stereocenters. The van der Waals surface area contributed by atoms with Gasteiger partial charge in [-0.3, -0.25) is 0 Å². The molecule has 0 fully saturated rings. The fraction of sp³-hybridized carbons (Fsp3) is 0.403. The quantitative estimate of drug-likeness (QED) is 0.0533. The maximum absolute atomic E-state index is 5.79. The van der Waals surface area contributed by atoms with E-state index in [1.54, 1.807) is 11.1 Å². The fourth-order valence-corrected chi connectivity index (χ4v) is 13.3. The van der Waals surface area contributed by atoms with Crippen molar-refractivity contribution in [2.24, 2.45) is 0 Å². The highest BCUT2D eigenvalue weighted by Gasteiger charge is 2.42. The molecule has 0 aliphatic heterocycles. The number of aryl methyl sites for hydroxylation is 4. The number of aromatic nitrogens is 2. The summed E-state index contributed by atoms with van der Waals surface area (Å²) in [5.74, 6) is 0. The molecule has 5 aromatic carbocycles. The number of hydrogen-bond acceptors (Lipinski definition) is 4. The van der Waals surface area contributed by atoms with Crippen molar-refractivity contribution in [2.75, 3.05) is 0 Å². The first-order valence-corrected chi connectivity index (χ1v) is 29.4. The van der Waals surface area contributed by atoms with Crippen molar-refractivity contribution in [3.63, 3.8) is 0 Å². The van der Waals surface area contributed by atoms with Crippen LogP contribution in [0, 0.1) is 13.8 Å². The number of thiophene rings is 2. The van der Waals surface area contributed by atoms with Crippen molar-refractivity contribution in [3.8, 4) is 65.0 Å². The largest absolute Gasteiger partial charge is 0.243 e. The van der Waals surface area contributed by atoms with Crippen molar-refractivity contribution in [3.05, 3.63) is 154 Å². The Morgan fingerprint density at radius 1 is 0.380 bits per heavy atom. The summed E-state index contributed by atoms with van der Waals surface area (Å²) in [6, 6.07) is 47.0. The molecule has 9 rings (SSSR count). The highest BCUT2D eigenvalue weighted by Crippen LogP contribution is 2.56. The number of unbranched alkanes of at least 4 members (excludes halogenated alkanes) is 12. The van der Waals surface area contributed by atoms with Gasteiger partial charge in [0.2, 0.25) is 0 Å². The van der Waals surface area contributed by atoms with Crippen LogP contribution in [0.15, 0.2) is 121 Å². The molecule has 3 aromatic heterocycles. The van der Waals surface area contributed by atoms with Gasteiger partial charge in [-0.15, -0.1) is 22.7 Å². The first-order chi connectivity index (χ1) is 34.8. The van der Waals surface area contributed by atoms with Gasteiger partial charge in [0, 0.05) is 47.2 Å². The summed E-state index contributed by atoms with van der Waals surface area (Å²) in [4.78, 5) is 16.6. The Balaban J connectivity index is 1.15. The molecule has 1 aliphatic rings. The maximum atomic E-state index is 5.79. The van der Waals surface area contributed by atoms with Gasteiger partial charge < -0.3 is 0 Å². The van der Waals surface area contributed by atoms with Gasteiger partial charge >= 0.3 is 0 Å². The molecule has 0 N–H and O–H groups in total. The lowest BCUT2D eigenvalue weighted by Crippen LogP contribution is -2.25. The zero-order valence-electron chi connectivity index (χ0n) is 43.9. The second kappa shape index (κ2) is 24.0. The maximum Gasteiger partial charge on any atom is 0.0988 e. The van der Waals surface area contributed by atoms with Gasteiger partial charge in [-0.25, -0.2) is 9.97 Å². The first-order valence-electron chi connectivity index (χ1n) is 27.8. The molecule has 4 heteroatoms. The van der Waals surface area contributed by atoms with Gasteiger partial charge in [0.25, 0.3) is 0 Å². The van der Waals surface area contributed by atoms with Gasteiger partial charge in [-0.2, -0.15) is 0 Å². The molecular formula is C67H78N2S2. The average molecular weight is 976 g/mol. The van der Waals surface area contributed by atoms with E-state index in [1.807, 2.05) is 22.7 Å². The third-order valence-electron chi connectivity index (χ3n) is 15.5. The minimum atomic E-state index is 0.0439. The number of hydrogen-bond donors (Lipinski definition) is 0. The third kappa shape index (κ3) is 11.4. The zero-order valence-corrected chi connectivity index (χ0v) is 45.5. The van der Waals surface area contributed by atoms with E-state index >= 15 is 0 Å². The van der Waals surface area contributed by atoms with Crippen LogP contribution in [0.3, 0.4) is 0 Å². The molecular weight excluding hydrogens is 897 g/mol. The molecule has 0 bridgehead atoms. The normalized spacial score (nSPS) is 12.8. The minimum Gasteiger partial charge on any atom is -0.243 e. The van der Waals surface area contributed by atoms with Gasteiger partial charge in [-0.05, 0) is 122 Å². The Morgan fingerprint density at radius 3 is 1.34 bits per heavy atom.